The Hall–Kier alpha value is -2.15. The second kappa shape index (κ2) is 7.03. The van der Waals surface area contributed by atoms with Gasteiger partial charge in [0.05, 0.1) is 6.04 Å². The van der Waals surface area contributed by atoms with Gasteiger partial charge in [0.1, 0.15) is 5.69 Å². The first kappa shape index (κ1) is 16.9. The summed E-state index contributed by atoms with van der Waals surface area (Å²) >= 11 is 0. The van der Waals surface area contributed by atoms with E-state index in [0.29, 0.717) is 12.2 Å². The third-order valence-corrected chi connectivity index (χ3v) is 2.70. The maximum absolute atomic E-state index is 11.9. The largest absolute Gasteiger partial charge is 0.409 e. The van der Waals surface area contributed by atoms with E-state index >= 15 is 0 Å². The van der Waals surface area contributed by atoms with Gasteiger partial charge in [0.2, 0.25) is 5.91 Å². The van der Waals surface area contributed by atoms with E-state index in [1.807, 2.05) is 20.8 Å². The summed E-state index contributed by atoms with van der Waals surface area (Å²) in [5.74, 6) is -0.108. The van der Waals surface area contributed by atoms with Crippen molar-refractivity contribution in [2.45, 2.75) is 45.8 Å². The number of hydrogen-bond acceptors (Lipinski definition) is 5. The zero-order valence-corrected chi connectivity index (χ0v) is 12.8. The third kappa shape index (κ3) is 5.78. The van der Waals surface area contributed by atoms with Crippen LogP contribution in [0.2, 0.25) is 0 Å². The van der Waals surface area contributed by atoms with Gasteiger partial charge in [-0.1, -0.05) is 5.16 Å². The standard InChI is InChI=1S/C14H23N5O2/c1-9(13(20)18-14(2,3)4)17-8-10-5-6-16-11(7-10)12(15)19-21/h5-7,9,17,21H,8H2,1-4H3,(H2,15,19)(H,18,20). The van der Waals surface area contributed by atoms with Crippen LogP contribution in [0.5, 0.6) is 0 Å². The lowest BCUT2D eigenvalue weighted by atomic mass is 10.1. The number of aromatic nitrogens is 1. The minimum Gasteiger partial charge on any atom is -0.409 e. The molecule has 1 aromatic heterocycles. The quantitative estimate of drug-likeness (QED) is 0.274. The minimum absolute atomic E-state index is 0.0459. The molecular weight excluding hydrogens is 270 g/mol. The number of amidine groups is 1. The van der Waals surface area contributed by atoms with Crippen LogP contribution in [0.3, 0.4) is 0 Å². The molecule has 1 rings (SSSR count). The molecule has 0 aliphatic carbocycles. The molecule has 0 saturated heterocycles. The summed E-state index contributed by atoms with van der Waals surface area (Å²) in [5.41, 5.74) is 6.51. The molecule has 0 aliphatic heterocycles. The fourth-order valence-electron chi connectivity index (χ4n) is 1.62. The highest BCUT2D eigenvalue weighted by Crippen LogP contribution is 2.03. The van der Waals surface area contributed by atoms with Gasteiger partial charge in [-0.15, -0.1) is 0 Å². The molecule has 1 aromatic rings. The zero-order valence-electron chi connectivity index (χ0n) is 12.8. The summed E-state index contributed by atoms with van der Waals surface area (Å²) in [6, 6.07) is 3.18. The van der Waals surface area contributed by atoms with E-state index in [9.17, 15) is 4.79 Å². The third-order valence-electron chi connectivity index (χ3n) is 2.70. The number of nitrogens with zero attached hydrogens (tertiary/aromatic N) is 2. The van der Waals surface area contributed by atoms with Gasteiger partial charge in [-0.25, -0.2) is 0 Å². The first-order valence-electron chi connectivity index (χ1n) is 6.71. The molecule has 5 N–H and O–H groups in total. The smallest absolute Gasteiger partial charge is 0.237 e. The van der Waals surface area contributed by atoms with Crippen LogP contribution < -0.4 is 16.4 Å². The molecule has 0 fully saturated rings. The van der Waals surface area contributed by atoms with Crippen molar-refractivity contribution in [2.24, 2.45) is 10.9 Å². The Morgan fingerprint density at radius 2 is 2.19 bits per heavy atom. The SMILES string of the molecule is CC(NCc1ccnc(/C(N)=N/O)c1)C(=O)NC(C)(C)C. The monoisotopic (exact) mass is 293 g/mol. The Bertz CT molecular complexity index is 522. The van der Waals surface area contributed by atoms with E-state index in [2.05, 4.69) is 20.8 Å². The summed E-state index contributed by atoms with van der Waals surface area (Å²) in [5, 5.41) is 17.6. The van der Waals surface area contributed by atoms with Gasteiger partial charge in [-0.2, -0.15) is 0 Å². The molecule has 1 unspecified atom stereocenters. The predicted molar refractivity (Wildman–Crippen MR) is 80.9 cm³/mol. The summed E-state index contributed by atoms with van der Waals surface area (Å²) in [6.07, 6.45) is 1.57. The molecule has 1 amide bonds. The van der Waals surface area contributed by atoms with Crippen molar-refractivity contribution in [2.75, 3.05) is 0 Å². The fraction of sp³-hybridized carbons (Fsp3) is 0.500. The Labute approximate surface area is 124 Å². The highest BCUT2D eigenvalue weighted by atomic mass is 16.4. The highest BCUT2D eigenvalue weighted by Gasteiger charge is 2.18. The van der Waals surface area contributed by atoms with Crippen molar-refractivity contribution in [1.29, 1.82) is 0 Å². The van der Waals surface area contributed by atoms with E-state index in [4.69, 9.17) is 10.9 Å². The Morgan fingerprint density at radius 1 is 1.52 bits per heavy atom. The lowest BCUT2D eigenvalue weighted by Gasteiger charge is -2.23. The number of amides is 1. The van der Waals surface area contributed by atoms with E-state index in [1.165, 1.54) is 0 Å². The number of hydrogen-bond donors (Lipinski definition) is 4. The van der Waals surface area contributed by atoms with Crippen molar-refractivity contribution < 1.29 is 10.0 Å². The molecule has 0 aromatic carbocycles. The van der Waals surface area contributed by atoms with Crippen LogP contribution in [0, 0.1) is 0 Å². The lowest BCUT2D eigenvalue weighted by Crippen LogP contribution is -2.49. The molecule has 0 radical (unpaired) electrons. The highest BCUT2D eigenvalue weighted by molar-refractivity contribution is 5.95. The van der Waals surface area contributed by atoms with Gasteiger partial charge < -0.3 is 21.6 Å². The molecule has 0 saturated carbocycles. The van der Waals surface area contributed by atoms with Crippen molar-refractivity contribution >= 4 is 11.7 Å². The number of nitrogens with two attached hydrogens (primary N) is 1. The molecule has 1 heterocycles. The Morgan fingerprint density at radius 3 is 2.76 bits per heavy atom. The number of rotatable bonds is 5. The molecule has 116 valence electrons. The lowest BCUT2D eigenvalue weighted by molar-refractivity contribution is -0.124. The molecule has 0 bridgehead atoms. The summed E-state index contributed by atoms with van der Waals surface area (Å²) in [7, 11) is 0. The number of carbonyl (C=O) groups is 1. The van der Waals surface area contributed by atoms with Crippen LogP contribution in [0.1, 0.15) is 39.0 Å². The summed E-state index contributed by atoms with van der Waals surface area (Å²) < 4.78 is 0. The summed E-state index contributed by atoms with van der Waals surface area (Å²) in [6.45, 7) is 8.08. The van der Waals surface area contributed by atoms with Gasteiger partial charge in [-0.3, -0.25) is 9.78 Å². The van der Waals surface area contributed by atoms with Gasteiger partial charge in [0.15, 0.2) is 5.84 Å². The number of carbonyl (C=O) groups excluding carboxylic acids is 1. The topological polar surface area (TPSA) is 113 Å². The Balaban J connectivity index is 2.61. The fourth-order valence-corrected chi connectivity index (χ4v) is 1.62. The normalized spacial score (nSPS) is 13.8. The van der Waals surface area contributed by atoms with Crippen LogP contribution in [-0.2, 0) is 11.3 Å². The van der Waals surface area contributed by atoms with Crippen molar-refractivity contribution in [3.8, 4) is 0 Å². The van der Waals surface area contributed by atoms with E-state index in [0.717, 1.165) is 5.56 Å². The van der Waals surface area contributed by atoms with Crippen LogP contribution in [0.15, 0.2) is 23.5 Å². The van der Waals surface area contributed by atoms with Gasteiger partial charge >= 0.3 is 0 Å². The summed E-state index contributed by atoms with van der Waals surface area (Å²) in [4.78, 5) is 15.9. The van der Waals surface area contributed by atoms with Crippen LogP contribution in [0.25, 0.3) is 0 Å². The number of oxime groups is 1. The second-order valence-corrected chi connectivity index (χ2v) is 5.88. The average Bonchev–Trinajstić information content (AvgIpc) is 2.42. The molecule has 1 atom stereocenters. The van der Waals surface area contributed by atoms with Crippen LogP contribution in [-0.4, -0.2) is 33.5 Å². The zero-order chi connectivity index (χ0) is 16.0. The number of nitrogens with one attached hydrogen (secondary N) is 2. The molecule has 0 aliphatic rings. The molecular formula is C14H23N5O2. The van der Waals surface area contributed by atoms with E-state index in [-0.39, 0.29) is 23.3 Å². The second-order valence-electron chi connectivity index (χ2n) is 5.88. The number of pyridine rings is 1. The van der Waals surface area contributed by atoms with E-state index in [1.54, 1.807) is 25.3 Å². The average molecular weight is 293 g/mol. The van der Waals surface area contributed by atoms with Gasteiger partial charge in [-0.05, 0) is 45.4 Å². The van der Waals surface area contributed by atoms with Gasteiger partial charge in [0, 0.05) is 18.3 Å². The Kier molecular flexibility index (Phi) is 5.66. The van der Waals surface area contributed by atoms with Crippen molar-refractivity contribution in [1.82, 2.24) is 15.6 Å². The minimum atomic E-state index is -0.329. The van der Waals surface area contributed by atoms with Crippen LogP contribution >= 0.6 is 0 Å². The molecule has 21 heavy (non-hydrogen) atoms. The molecule has 7 nitrogen and oxygen atoms in total. The van der Waals surface area contributed by atoms with Crippen molar-refractivity contribution in [3.63, 3.8) is 0 Å². The van der Waals surface area contributed by atoms with Gasteiger partial charge in [0.25, 0.3) is 0 Å². The van der Waals surface area contributed by atoms with Crippen molar-refractivity contribution in [3.05, 3.63) is 29.6 Å². The molecule has 0 spiro atoms. The molecule has 7 heteroatoms. The van der Waals surface area contributed by atoms with E-state index < -0.39 is 0 Å². The van der Waals surface area contributed by atoms with Crippen LogP contribution in [0.4, 0.5) is 0 Å². The maximum Gasteiger partial charge on any atom is 0.237 e. The predicted octanol–water partition coefficient (Wildman–Crippen LogP) is 0.569. The maximum atomic E-state index is 11.9. The first-order chi connectivity index (χ1) is 9.73. The first-order valence-corrected chi connectivity index (χ1v) is 6.71.